The molecule has 0 saturated carbocycles. The first-order chi connectivity index (χ1) is 18.1. The fraction of sp³-hybridized carbons (Fsp3) is 0.233. The molecule has 37 heavy (non-hydrogen) atoms. The normalized spacial score (nSPS) is 14.1. The first kappa shape index (κ1) is 24.3. The summed E-state index contributed by atoms with van der Waals surface area (Å²) in [6.45, 7) is 3.85. The van der Waals surface area contributed by atoms with Crippen LogP contribution in [0.3, 0.4) is 0 Å². The van der Waals surface area contributed by atoms with E-state index in [-0.39, 0.29) is 5.91 Å². The van der Waals surface area contributed by atoms with Gasteiger partial charge < -0.3 is 9.64 Å². The molecule has 1 amide bonds. The predicted octanol–water partition coefficient (Wildman–Crippen LogP) is 4.77. The molecule has 1 aromatic heterocycles. The van der Waals surface area contributed by atoms with Crippen LogP contribution in [0.1, 0.15) is 27.9 Å². The molecule has 0 unspecified atom stereocenters. The molecule has 0 radical (unpaired) electrons. The molecule has 0 N–H and O–H groups in total. The number of hydrogen-bond acceptors (Lipinski definition) is 5. The molecule has 0 spiro atoms. The molecule has 0 bridgehead atoms. The summed E-state index contributed by atoms with van der Waals surface area (Å²) in [6.07, 6.45) is 2.74. The van der Waals surface area contributed by atoms with E-state index in [1.54, 1.807) is 11.8 Å². The van der Waals surface area contributed by atoms with E-state index in [1.807, 2.05) is 90.0 Å². The monoisotopic (exact) mass is 491 g/mol. The number of carbonyl (C=O) groups excluding carboxylic acids is 1. The Hall–Kier alpha value is -4.41. The topological polar surface area (TPSA) is 74.4 Å². The van der Waals surface area contributed by atoms with Crippen molar-refractivity contribution in [3.05, 3.63) is 102 Å². The highest BCUT2D eigenvalue weighted by Crippen LogP contribution is 2.27. The van der Waals surface area contributed by atoms with Gasteiger partial charge in [0.1, 0.15) is 11.4 Å². The Balaban J connectivity index is 1.37. The average molecular weight is 492 g/mol. The predicted molar refractivity (Wildman–Crippen MR) is 143 cm³/mol. The van der Waals surface area contributed by atoms with Crippen molar-refractivity contribution in [2.45, 2.75) is 13.0 Å². The van der Waals surface area contributed by atoms with E-state index in [0.29, 0.717) is 29.9 Å². The number of nitriles is 1. The lowest BCUT2D eigenvalue weighted by atomic mass is 10.1. The maximum Gasteiger partial charge on any atom is 0.257 e. The molecule has 5 rings (SSSR count). The van der Waals surface area contributed by atoms with E-state index < -0.39 is 0 Å². The minimum absolute atomic E-state index is 0.00628. The fourth-order valence-corrected chi connectivity index (χ4v) is 4.65. The van der Waals surface area contributed by atoms with Gasteiger partial charge >= 0.3 is 0 Å². The number of rotatable bonds is 6. The largest absolute Gasteiger partial charge is 0.497 e. The zero-order valence-corrected chi connectivity index (χ0v) is 20.9. The van der Waals surface area contributed by atoms with Gasteiger partial charge in [-0.1, -0.05) is 30.3 Å². The molecule has 7 nitrogen and oxygen atoms in total. The Morgan fingerprint density at radius 2 is 1.70 bits per heavy atom. The van der Waals surface area contributed by atoms with Gasteiger partial charge in [-0.05, 0) is 60.5 Å². The maximum absolute atomic E-state index is 13.8. The number of aromatic nitrogens is 2. The first-order valence-electron chi connectivity index (χ1n) is 12.4. The molecule has 2 heterocycles. The highest BCUT2D eigenvalue weighted by atomic mass is 16.5. The Kier molecular flexibility index (Phi) is 7.29. The van der Waals surface area contributed by atoms with E-state index in [9.17, 15) is 4.79 Å². The average Bonchev–Trinajstić information content (AvgIpc) is 3.27. The Bertz CT molecular complexity index is 1390. The van der Waals surface area contributed by atoms with Gasteiger partial charge in [-0.2, -0.15) is 10.4 Å². The lowest BCUT2D eigenvalue weighted by Crippen LogP contribution is -2.35. The van der Waals surface area contributed by atoms with E-state index in [1.165, 1.54) is 5.56 Å². The summed E-state index contributed by atoms with van der Waals surface area (Å²) in [5, 5.41) is 13.9. The van der Waals surface area contributed by atoms with Gasteiger partial charge in [-0.15, -0.1) is 0 Å². The molecule has 4 aromatic rings. The summed E-state index contributed by atoms with van der Waals surface area (Å²) in [6, 6.07) is 27.4. The minimum Gasteiger partial charge on any atom is -0.497 e. The van der Waals surface area contributed by atoms with Crippen LogP contribution < -0.4 is 4.74 Å². The molecule has 3 aromatic carbocycles. The third-order valence-corrected chi connectivity index (χ3v) is 6.69. The molecular weight excluding hydrogens is 462 g/mol. The van der Waals surface area contributed by atoms with Gasteiger partial charge in [-0.25, -0.2) is 4.68 Å². The Morgan fingerprint density at radius 1 is 0.946 bits per heavy atom. The van der Waals surface area contributed by atoms with Crippen LogP contribution in [0, 0.1) is 11.3 Å². The number of nitrogens with zero attached hydrogens (tertiary/aromatic N) is 5. The molecule has 186 valence electrons. The van der Waals surface area contributed by atoms with Gasteiger partial charge in [-0.3, -0.25) is 9.69 Å². The van der Waals surface area contributed by atoms with Crippen molar-refractivity contribution in [1.29, 1.82) is 5.26 Å². The summed E-state index contributed by atoms with van der Waals surface area (Å²) >= 11 is 0. The fourth-order valence-electron chi connectivity index (χ4n) is 4.65. The number of ether oxygens (including phenoxy) is 1. The minimum atomic E-state index is -0.00628. The molecule has 1 fully saturated rings. The standard InChI is InChI=1S/C30H29N5O2/c1-37-27-14-12-25(13-15-27)29-28(22-35(32-29)26-6-3-2-4-7-26)30(36)34-17-5-16-33(18-19-34)21-24-10-8-23(20-31)9-11-24/h2-4,6-15,22H,5,16-19,21H2,1H3. The molecule has 1 aliphatic rings. The second-order valence-corrected chi connectivity index (χ2v) is 9.13. The third-order valence-electron chi connectivity index (χ3n) is 6.69. The van der Waals surface area contributed by atoms with Crippen LogP contribution >= 0.6 is 0 Å². The summed E-state index contributed by atoms with van der Waals surface area (Å²) in [7, 11) is 1.64. The summed E-state index contributed by atoms with van der Waals surface area (Å²) < 4.78 is 7.09. The number of carbonyl (C=O) groups is 1. The van der Waals surface area contributed by atoms with Gasteiger partial charge in [0.25, 0.3) is 5.91 Å². The number of amides is 1. The number of methoxy groups -OCH3 is 1. The van der Waals surface area contributed by atoms with Crippen LogP contribution in [0.5, 0.6) is 5.75 Å². The maximum atomic E-state index is 13.8. The van der Waals surface area contributed by atoms with Crippen LogP contribution in [0.4, 0.5) is 0 Å². The number of para-hydroxylation sites is 1. The lowest BCUT2D eigenvalue weighted by molar-refractivity contribution is 0.0762. The highest BCUT2D eigenvalue weighted by molar-refractivity contribution is 6.00. The van der Waals surface area contributed by atoms with E-state index in [2.05, 4.69) is 11.0 Å². The van der Waals surface area contributed by atoms with Gasteiger partial charge in [0, 0.05) is 44.5 Å². The summed E-state index contributed by atoms with van der Waals surface area (Å²) in [5.74, 6) is 0.752. The van der Waals surface area contributed by atoms with Crippen molar-refractivity contribution < 1.29 is 9.53 Å². The first-order valence-corrected chi connectivity index (χ1v) is 12.4. The summed E-state index contributed by atoms with van der Waals surface area (Å²) in [5.41, 5.74) is 4.87. The SMILES string of the molecule is COc1ccc(-c2nn(-c3ccccc3)cc2C(=O)N2CCCN(Cc3ccc(C#N)cc3)CC2)cc1. The van der Waals surface area contributed by atoms with Crippen LogP contribution in [0.15, 0.2) is 85.1 Å². The van der Waals surface area contributed by atoms with Crippen molar-refractivity contribution in [2.75, 3.05) is 33.3 Å². The van der Waals surface area contributed by atoms with E-state index in [4.69, 9.17) is 15.1 Å². The number of benzene rings is 3. The molecular formula is C30H29N5O2. The van der Waals surface area contributed by atoms with Crippen LogP contribution in [-0.2, 0) is 6.54 Å². The molecule has 0 aliphatic carbocycles. The van der Waals surface area contributed by atoms with Crippen molar-refractivity contribution in [3.63, 3.8) is 0 Å². The number of hydrogen-bond donors (Lipinski definition) is 0. The van der Waals surface area contributed by atoms with E-state index in [0.717, 1.165) is 43.1 Å². The highest BCUT2D eigenvalue weighted by Gasteiger charge is 2.25. The Labute approximate surface area is 217 Å². The zero-order chi connectivity index (χ0) is 25.6. The lowest BCUT2D eigenvalue weighted by Gasteiger charge is -2.22. The van der Waals surface area contributed by atoms with Crippen LogP contribution in [0.2, 0.25) is 0 Å². The van der Waals surface area contributed by atoms with Crippen molar-refractivity contribution >= 4 is 5.91 Å². The quantitative estimate of drug-likeness (QED) is 0.389. The molecule has 7 heteroatoms. The van der Waals surface area contributed by atoms with Crippen molar-refractivity contribution in [2.24, 2.45) is 0 Å². The van der Waals surface area contributed by atoms with Gasteiger partial charge in [0.15, 0.2) is 0 Å². The zero-order valence-electron chi connectivity index (χ0n) is 20.9. The van der Waals surface area contributed by atoms with Crippen LogP contribution in [-0.4, -0.2) is 58.8 Å². The molecule has 1 aliphatic heterocycles. The van der Waals surface area contributed by atoms with Gasteiger partial charge in [0.05, 0.1) is 30.0 Å². The van der Waals surface area contributed by atoms with Crippen molar-refractivity contribution in [1.82, 2.24) is 19.6 Å². The summed E-state index contributed by atoms with van der Waals surface area (Å²) in [4.78, 5) is 18.2. The van der Waals surface area contributed by atoms with Gasteiger partial charge in [0.2, 0.25) is 0 Å². The second kappa shape index (κ2) is 11.1. The molecule has 0 atom stereocenters. The smallest absolute Gasteiger partial charge is 0.257 e. The molecule has 1 saturated heterocycles. The second-order valence-electron chi connectivity index (χ2n) is 9.13. The van der Waals surface area contributed by atoms with Crippen LogP contribution in [0.25, 0.3) is 16.9 Å². The van der Waals surface area contributed by atoms with E-state index >= 15 is 0 Å². The Morgan fingerprint density at radius 3 is 2.41 bits per heavy atom. The van der Waals surface area contributed by atoms with Crippen molar-refractivity contribution in [3.8, 4) is 28.8 Å². The third kappa shape index (κ3) is 5.55.